The molecule has 0 radical (unpaired) electrons. The molecule has 1 aliphatic heterocycles. The van der Waals surface area contributed by atoms with Gasteiger partial charge in [-0.25, -0.2) is 0 Å². The first-order chi connectivity index (χ1) is 9.36. The molecule has 2 fully saturated rings. The zero-order valence-electron chi connectivity index (χ0n) is 11.8. The first-order valence-corrected chi connectivity index (χ1v) is 7.64. The number of hydrogen-bond donors (Lipinski definition) is 1. The lowest BCUT2D eigenvalue weighted by molar-refractivity contribution is 0.140. The fourth-order valence-corrected chi connectivity index (χ4v) is 2.84. The Morgan fingerprint density at radius 1 is 1.37 bits per heavy atom. The lowest BCUT2D eigenvalue weighted by atomic mass is 10.1. The van der Waals surface area contributed by atoms with Gasteiger partial charge in [-0.2, -0.15) is 4.98 Å². The van der Waals surface area contributed by atoms with Crippen LogP contribution in [0.5, 0.6) is 0 Å². The molecule has 5 nitrogen and oxygen atoms in total. The predicted molar refractivity (Wildman–Crippen MR) is 72.9 cm³/mol. The Morgan fingerprint density at radius 3 is 2.95 bits per heavy atom. The molecule has 1 atom stereocenters. The Kier molecular flexibility index (Phi) is 4.13. The van der Waals surface area contributed by atoms with Crippen LogP contribution in [0.25, 0.3) is 0 Å². The van der Waals surface area contributed by atoms with Crippen molar-refractivity contribution in [3.05, 3.63) is 11.7 Å². The van der Waals surface area contributed by atoms with E-state index < -0.39 is 0 Å². The number of rotatable bonds is 6. The molecule has 0 amide bonds. The highest BCUT2D eigenvalue weighted by Crippen LogP contribution is 2.38. The number of aromatic nitrogens is 2. The van der Waals surface area contributed by atoms with Crippen LogP contribution in [0, 0.1) is 0 Å². The van der Waals surface area contributed by atoms with Crippen molar-refractivity contribution in [1.82, 2.24) is 20.4 Å². The molecule has 0 aromatic carbocycles. The van der Waals surface area contributed by atoms with Crippen LogP contribution in [0.2, 0.25) is 0 Å². The minimum absolute atomic E-state index is 0.577. The third kappa shape index (κ3) is 3.34. The van der Waals surface area contributed by atoms with Gasteiger partial charge in [0.05, 0.1) is 6.54 Å². The normalized spacial score (nSPS) is 24.0. The Labute approximate surface area is 114 Å². The molecule has 1 unspecified atom stereocenters. The van der Waals surface area contributed by atoms with Gasteiger partial charge in [-0.05, 0) is 45.2 Å². The molecule has 2 aliphatic rings. The Balaban J connectivity index is 1.61. The molecule has 1 saturated carbocycles. The van der Waals surface area contributed by atoms with Gasteiger partial charge in [0, 0.05) is 18.5 Å². The van der Waals surface area contributed by atoms with Crippen LogP contribution < -0.4 is 5.32 Å². The van der Waals surface area contributed by atoms with Crippen molar-refractivity contribution in [2.45, 2.75) is 57.5 Å². The monoisotopic (exact) mass is 264 g/mol. The third-order valence-corrected chi connectivity index (χ3v) is 4.06. The van der Waals surface area contributed by atoms with Crippen molar-refractivity contribution in [3.63, 3.8) is 0 Å². The fraction of sp³-hybridized carbons (Fsp3) is 0.857. The quantitative estimate of drug-likeness (QED) is 0.850. The molecule has 1 aliphatic carbocycles. The zero-order chi connectivity index (χ0) is 13.1. The molecule has 0 spiro atoms. The van der Waals surface area contributed by atoms with E-state index in [1.807, 2.05) is 0 Å². The fourth-order valence-electron chi connectivity index (χ4n) is 2.84. The van der Waals surface area contributed by atoms with E-state index >= 15 is 0 Å². The molecule has 5 heteroatoms. The summed E-state index contributed by atoms with van der Waals surface area (Å²) in [5.41, 5.74) is 0. The van der Waals surface area contributed by atoms with Crippen LogP contribution in [0.4, 0.5) is 0 Å². The number of nitrogens with one attached hydrogen (secondary N) is 1. The maximum absolute atomic E-state index is 5.41. The van der Waals surface area contributed by atoms with E-state index in [1.54, 1.807) is 0 Å². The summed E-state index contributed by atoms with van der Waals surface area (Å²) in [6.45, 7) is 6.38. The van der Waals surface area contributed by atoms with Crippen molar-refractivity contribution >= 4 is 0 Å². The number of hydrogen-bond acceptors (Lipinski definition) is 5. The van der Waals surface area contributed by atoms with Crippen LogP contribution in [0.3, 0.4) is 0 Å². The number of nitrogens with zero attached hydrogens (tertiary/aromatic N) is 3. The molecule has 106 valence electrons. The highest BCUT2D eigenvalue weighted by atomic mass is 16.5. The SMILES string of the molecule is CCCN(Cc1nc(C2CC2)no1)C1CCCNC1. The van der Waals surface area contributed by atoms with Gasteiger partial charge in [-0.3, -0.25) is 4.90 Å². The van der Waals surface area contributed by atoms with Gasteiger partial charge in [0.15, 0.2) is 5.82 Å². The Morgan fingerprint density at radius 2 is 2.26 bits per heavy atom. The average molecular weight is 264 g/mol. The maximum Gasteiger partial charge on any atom is 0.240 e. The molecule has 1 aromatic heterocycles. The summed E-state index contributed by atoms with van der Waals surface area (Å²) in [6, 6.07) is 0.616. The van der Waals surface area contributed by atoms with Gasteiger partial charge in [-0.15, -0.1) is 0 Å². The summed E-state index contributed by atoms with van der Waals surface area (Å²) >= 11 is 0. The summed E-state index contributed by atoms with van der Waals surface area (Å²) in [6.07, 6.45) is 6.16. The molecule has 0 bridgehead atoms. The summed E-state index contributed by atoms with van der Waals surface area (Å²) in [5, 5.41) is 7.59. The van der Waals surface area contributed by atoms with Crippen molar-refractivity contribution in [2.75, 3.05) is 19.6 Å². The summed E-state index contributed by atoms with van der Waals surface area (Å²) in [4.78, 5) is 7.05. The van der Waals surface area contributed by atoms with Gasteiger partial charge in [0.2, 0.25) is 5.89 Å². The second-order valence-electron chi connectivity index (χ2n) is 5.79. The summed E-state index contributed by atoms with van der Waals surface area (Å²) in [7, 11) is 0. The molecular weight excluding hydrogens is 240 g/mol. The van der Waals surface area contributed by atoms with Crippen molar-refractivity contribution in [2.24, 2.45) is 0 Å². The van der Waals surface area contributed by atoms with Crippen molar-refractivity contribution in [3.8, 4) is 0 Å². The Bertz CT molecular complexity index is 396. The first kappa shape index (κ1) is 13.1. The van der Waals surface area contributed by atoms with Crippen LogP contribution in [0.15, 0.2) is 4.52 Å². The topological polar surface area (TPSA) is 54.2 Å². The zero-order valence-corrected chi connectivity index (χ0v) is 11.8. The summed E-state index contributed by atoms with van der Waals surface area (Å²) in [5.74, 6) is 2.29. The minimum atomic E-state index is 0.577. The molecule has 1 aromatic rings. The lowest BCUT2D eigenvalue weighted by Gasteiger charge is -2.33. The first-order valence-electron chi connectivity index (χ1n) is 7.64. The van der Waals surface area contributed by atoms with Gasteiger partial charge in [0.1, 0.15) is 0 Å². The second kappa shape index (κ2) is 6.01. The number of piperidine rings is 1. The molecule has 1 saturated heterocycles. The van der Waals surface area contributed by atoms with E-state index in [2.05, 4.69) is 27.3 Å². The average Bonchev–Trinajstić information content (AvgIpc) is 3.20. The van der Waals surface area contributed by atoms with Gasteiger partial charge in [0.25, 0.3) is 0 Å². The van der Waals surface area contributed by atoms with Crippen LogP contribution in [0.1, 0.15) is 56.7 Å². The highest BCUT2D eigenvalue weighted by molar-refractivity contribution is 5.03. The van der Waals surface area contributed by atoms with E-state index in [0.29, 0.717) is 12.0 Å². The van der Waals surface area contributed by atoms with Crippen molar-refractivity contribution in [1.29, 1.82) is 0 Å². The van der Waals surface area contributed by atoms with E-state index in [-0.39, 0.29) is 0 Å². The molecular formula is C14H24N4O. The van der Waals surface area contributed by atoms with E-state index in [4.69, 9.17) is 4.52 Å². The lowest BCUT2D eigenvalue weighted by Crippen LogP contribution is -2.45. The van der Waals surface area contributed by atoms with E-state index in [0.717, 1.165) is 37.9 Å². The maximum atomic E-state index is 5.41. The predicted octanol–water partition coefficient (Wildman–Crippen LogP) is 1.91. The minimum Gasteiger partial charge on any atom is -0.338 e. The van der Waals surface area contributed by atoms with Gasteiger partial charge >= 0.3 is 0 Å². The standard InChI is InChI=1S/C14H24N4O/c1-2-8-18(12-4-3-7-15-9-12)10-13-16-14(17-19-13)11-5-6-11/h11-12,15H,2-10H2,1H3. The largest absolute Gasteiger partial charge is 0.338 e. The van der Waals surface area contributed by atoms with Crippen LogP contribution >= 0.6 is 0 Å². The molecule has 19 heavy (non-hydrogen) atoms. The Hall–Kier alpha value is -0.940. The molecule has 3 rings (SSSR count). The van der Waals surface area contributed by atoms with Crippen LogP contribution in [-0.2, 0) is 6.54 Å². The van der Waals surface area contributed by atoms with Crippen molar-refractivity contribution < 1.29 is 4.52 Å². The van der Waals surface area contributed by atoms with E-state index in [1.165, 1.54) is 32.1 Å². The second-order valence-corrected chi connectivity index (χ2v) is 5.79. The van der Waals surface area contributed by atoms with Crippen LogP contribution in [-0.4, -0.2) is 40.7 Å². The molecule has 2 heterocycles. The van der Waals surface area contributed by atoms with Gasteiger partial charge < -0.3 is 9.84 Å². The smallest absolute Gasteiger partial charge is 0.240 e. The third-order valence-electron chi connectivity index (χ3n) is 4.06. The summed E-state index contributed by atoms with van der Waals surface area (Å²) < 4.78 is 5.41. The van der Waals surface area contributed by atoms with E-state index in [9.17, 15) is 0 Å². The highest BCUT2D eigenvalue weighted by Gasteiger charge is 2.29. The van der Waals surface area contributed by atoms with Gasteiger partial charge in [-0.1, -0.05) is 12.1 Å². The molecule has 1 N–H and O–H groups in total.